The third kappa shape index (κ3) is 10.7. The van der Waals surface area contributed by atoms with Crippen molar-refractivity contribution in [2.45, 2.75) is 69.2 Å². The number of hydrogen-bond donors (Lipinski definition) is 0. The Bertz CT molecular complexity index is 1190. The molecule has 0 spiro atoms. The van der Waals surface area contributed by atoms with Gasteiger partial charge in [0.15, 0.2) is 6.29 Å². The zero-order valence-electron chi connectivity index (χ0n) is 26.5. The average molecular weight is 639 g/mol. The second-order valence-electron chi connectivity index (χ2n) is 10.9. The van der Waals surface area contributed by atoms with Crippen LogP contribution in [0.15, 0.2) is 98.6 Å². The molecule has 0 bridgehead atoms. The molecule has 0 aliphatic carbocycles. The molecule has 2 aromatic carbocycles. The maximum absolute atomic E-state index is 11.8. The first-order chi connectivity index (χ1) is 22.5. The Hall–Kier alpha value is -3.19. The number of hydrogen-bond acceptors (Lipinski definition) is 10. The topological polar surface area (TPSA) is 100 Å². The minimum Gasteiger partial charge on any atom is -0.463 e. The van der Waals surface area contributed by atoms with Gasteiger partial charge in [-0.2, -0.15) is 0 Å². The van der Waals surface area contributed by atoms with Crippen LogP contribution in [0.2, 0.25) is 0 Å². The number of esters is 1. The standard InChI is InChI=1S/C36H46O10/c1-5-18-39-30-24-43-29(23-38-21-27-14-10-8-11-15-27)32(30)46-36-35(44-22-28-16-12-9-13-17-28)34(41-20-7-3)33(40-19-6-2)31(45-36)25-42-26(4)37/h5-17,29-36H,1-3,18-25H2,4H3/t29-,30+,31-,32-,33-,34+,35-,36-/m1/s1. The van der Waals surface area contributed by atoms with Crippen molar-refractivity contribution in [3.8, 4) is 0 Å². The van der Waals surface area contributed by atoms with Crippen LogP contribution in [-0.4, -0.2) is 94.6 Å². The highest BCUT2D eigenvalue weighted by Crippen LogP contribution is 2.33. The third-order valence-electron chi connectivity index (χ3n) is 7.46. The highest BCUT2D eigenvalue weighted by atomic mass is 16.7. The molecule has 10 nitrogen and oxygen atoms in total. The molecule has 2 aromatic rings. The van der Waals surface area contributed by atoms with Crippen molar-refractivity contribution in [2.75, 3.05) is 39.6 Å². The molecule has 2 heterocycles. The van der Waals surface area contributed by atoms with E-state index in [0.29, 0.717) is 19.8 Å². The molecule has 10 heteroatoms. The molecule has 0 aromatic heterocycles. The fourth-order valence-corrected chi connectivity index (χ4v) is 5.34. The van der Waals surface area contributed by atoms with Gasteiger partial charge in [0, 0.05) is 6.92 Å². The molecule has 46 heavy (non-hydrogen) atoms. The summed E-state index contributed by atoms with van der Waals surface area (Å²) in [6.45, 7) is 14.6. The van der Waals surface area contributed by atoms with Crippen molar-refractivity contribution in [2.24, 2.45) is 0 Å². The maximum atomic E-state index is 11.8. The fourth-order valence-electron chi connectivity index (χ4n) is 5.34. The van der Waals surface area contributed by atoms with E-state index >= 15 is 0 Å². The number of rotatable bonds is 20. The molecule has 0 unspecified atom stereocenters. The van der Waals surface area contributed by atoms with Gasteiger partial charge in [-0.05, 0) is 11.1 Å². The predicted octanol–water partition coefficient (Wildman–Crippen LogP) is 4.57. The Morgan fingerprint density at radius 3 is 1.98 bits per heavy atom. The van der Waals surface area contributed by atoms with Gasteiger partial charge in [-0.15, -0.1) is 19.7 Å². The van der Waals surface area contributed by atoms with Crippen molar-refractivity contribution in [3.05, 3.63) is 110 Å². The van der Waals surface area contributed by atoms with Crippen LogP contribution in [0.4, 0.5) is 0 Å². The molecule has 4 rings (SSSR count). The molecule has 250 valence electrons. The van der Waals surface area contributed by atoms with Crippen LogP contribution in [0.5, 0.6) is 0 Å². The van der Waals surface area contributed by atoms with E-state index in [1.165, 1.54) is 6.92 Å². The Morgan fingerprint density at radius 2 is 1.35 bits per heavy atom. The molecular weight excluding hydrogens is 592 g/mol. The van der Waals surface area contributed by atoms with E-state index in [0.717, 1.165) is 11.1 Å². The van der Waals surface area contributed by atoms with Crippen LogP contribution < -0.4 is 0 Å². The lowest BCUT2D eigenvalue weighted by molar-refractivity contribution is -0.336. The van der Waals surface area contributed by atoms with Gasteiger partial charge in [0.25, 0.3) is 0 Å². The molecule has 2 fully saturated rings. The fraction of sp³-hybridized carbons (Fsp3) is 0.472. The van der Waals surface area contributed by atoms with E-state index < -0.39 is 55.0 Å². The Labute approximate surface area is 271 Å². The predicted molar refractivity (Wildman–Crippen MR) is 171 cm³/mol. The van der Waals surface area contributed by atoms with Crippen molar-refractivity contribution < 1.29 is 47.4 Å². The summed E-state index contributed by atoms with van der Waals surface area (Å²) in [6, 6.07) is 19.7. The summed E-state index contributed by atoms with van der Waals surface area (Å²) in [5.74, 6) is -0.452. The summed E-state index contributed by atoms with van der Waals surface area (Å²) in [5, 5.41) is 0. The number of ether oxygens (including phenoxy) is 9. The molecule has 0 saturated carbocycles. The summed E-state index contributed by atoms with van der Waals surface area (Å²) < 4.78 is 55.9. The molecule has 0 radical (unpaired) electrons. The third-order valence-corrected chi connectivity index (χ3v) is 7.46. The van der Waals surface area contributed by atoms with Gasteiger partial charge in [-0.25, -0.2) is 0 Å². The normalized spacial score (nSPS) is 27.6. The summed E-state index contributed by atoms with van der Waals surface area (Å²) >= 11 is 0. The Balaban J connectivity index is 1.61. The first-order valence-corrected chi connectivity index (χ1v) is 15.5. The van der Waals surface area contributed by atoms with E-state index in [4.69, 9.17) is 42.6 Å². The molecule has 0 N–H and O–H groups in total. The quantitative estimate of drug-likeness (QED) is 0.151. The zero-order chi connectivity index (χ0) is 32.6. The van der Waals surface area contributed by atoms with Gasteiger partial charge in [0.2, 0.25) is 0 Å². The van der Waals surface area contributed by atoms with E-state index in [2.05, 4.69) is 19.7 Å². The van der Waals surface area contributed by atoms with E-state index in [9.17, 15) is 4.79 Å². The van der Waals surface area contributed by atoms with E-state index in [-0.39, 0.29) is 33.0 Å². The minimum absolute atomic E-state index is 0.0858. The second-order valence-corrected chi connectivity index (χ2v) is 10.9. The van der Waals surface area contributed by atoms with Crippen LogP contribution in [0, 0.1) is 0 Å². The minimum atomic E-state index is -0.985. The van der Waals surface area contributed by atoms with E-state index in [1.807, 2.05) is 60.7 Å². The smallest absolute Gasteiger partial charge is 0.302 e. The van der Waals surface area contributed by atoms with Crippen LogP contribution in [-0.2, 0) is 60.6 Å². The van der Waals surface area contributed by atoms with Gasteiger partial charge < -0.3 is 42.6 Å². The van der Waals surface area contributed by atoms with Crippen LogP contribution in [0.1, 0.15) is 18.1 Å². The Kier molecular flexibility index (Phi) is 15.1. The monoisotopic (exact) mass is 638 g/mol. The lowest BCUT2D eigenvalue weighted by atomic mass is 9.97. The largest absolute Gasteiger partial charge is 0.463 e. The molecular formula is C36H46O10. The lowest BCUT2D eigenvalue weighted by Crippen LogP contribution is -2.63. The average Bonchev–Trinajstić information content (AvgIpc) is 3.45. The van der Waals surface area contributed by atoms with Crippen molar-refractivity contribution in [1.29, 1.82) is 0 Å². The second kappa shape index (κ2) is 19.5. The van der Waals surface area contributed by atoms with Gasteiger partial charge in [-0.1, -0.05) is 78.9 Å². The van der Waals surface area contributed by atoms with Gasteiger partial charge in [0.1, 0.15) is 49.3 Å². The summed E-state index contributed by atoms with van der Waals surface area (Å²) in [4.78, 5) is 11.8. The Morgan fingerprint density at radius 1 is 0.739 bits per heavy atom. The zero-order valence-corrected chi connectivity index (χ0v) is 26.5. The van der Waals surface area contributed by atoms with Crippen LogP contribution in [0.3, 0.4) is 0 Å². The molecule has 2 aliphatic rings. The van der Waals surface area contributed by atoms with Crippen LogP contribution >= 0.6 is 0 Å². The van der Waals surface area contributed by atoms with Gasteiger partial charge in [-0.3, -0.25) is 4.79 Å². The summed E-state index contributed by atoms with van der Waals surface area (Å²) in [6.07, 6.45) is -0.416. The first kappa shape index (κ1) is 35.7. The highest BCUT2D eigenvalue weighted by molar-refractivity contribution is 5.65. The van der Waals surface area contributed by atoms with Crippen LogP contribution in [0.25, 0.3) is 0 Å². The number of benzene rings is 2. The molecule has 2 saturated heterocycles. The van der Waals surface area contributed by atoms with E-state index in [1.54, 1.807) is 18.2 Å². The van der Waals surface area contributed by atoms with Crippen molar-refractivity contribution in [1.82, 2.24) is 0 Å². The van der Waals surface area contributed by atoms with Gasteiger partial charge in [0.05, 0.1) is 46.2 Å². The van der Waals surface area contributed by atoms with Gasteiger partial charge >= 0.3 is 5.97 Å². The molecule has 0 amide bonds. The van der Waals surface area contributed by atoms with Crippen molar-refractivity contribution >= 4 is 5.97 Å². The highest BCUT2D eigenvalue weighted by Gasteiger charge is 2.52. The van der Waals surface area contributed by atoms with Crippen molar-refractivity contribution in [3.63, 3.8) is 0 Å². The number of carbonyl (C=O) groups excluding carboxylic acids is 1. The lowest BCUT2D eigenvalue weighted by Gasteiger charge is -2.46. The molecule has 2 aliphatic heterocycles. The maximum Gasteiger partial charge on any atom is 0.302 e. The summed E-state index contributed by atoms with van der Waals surface area (Å²) in [7, 11) is 0. The first-order valence-electron chi connectivity index (χ1n) is 15.5. The molecule has 8 atom stereocenters. The summed E-state index contributed by atoms with van der Waals surface area (Å²) in [5.41, 5.74) is 2.00. The SMILES string of the molecule is C=CCO[C@@H]1[C@@H](OCc2ccccc2)[C@@H](O[C@H]2[C@@H](OCC=C)CO[C@@H]2COCc2ccccc2)O[C@H](COC(C)=O)[C@H]1OCC=C. The number of carbonyl (C=O) groups is 1.